The molecule has 0 aromatic rings. The molecular weight excluding hydrogens is 201 g/mol. The van der Waals surface area contributed by atoms with E-state index in [0.717, 1.165) is 0 Å². The van der Waals surface area contributed by atoms with Crippen molar-refractivity contribution in [2.24, 2.45) is 0 Å². The number of amides is 1. The van der Waals surface area contributed by atoms with E-state index in [2.05, 4.69) is 5.32 Å². The SMILES string of the molecule is CCCC(=O)N[C@@H](CO)C(=O)[O-].[K+]. The maximum absolute atomic E-state index is 10.8. The van der Waals surface area contributed by atoms with E-state index in [4.69, 9.17) is 5.11 Å². The molecule has 0 fully saturated rings. The van der Waals surface area contributed by atoms with Crippen LogP contribution in [0.1, 0.15) is 19.8 Å². The van der Waals surface area contributed by atoms with Crippen molar-refractivity contribution in [2.75, 3.05) is 6.61 Å². The smallest absolute Gasteiger partial charge is 0.548 e. The van der Waals surface area contributed by atoms with E-state index < -0.39 is 18.6 Å². The van der Waals surface area contributed by atoms with Crippen molar-refractivity contribution in [3.63, 3.8) is 0 Å². The van der Waals surface area contributed by atoms with Gasteiger partial charge in [0.25, 0.3) is 0 Å². The van der Waals surface area contributed by atoms with Gasteiger partial charge in [-0.2, -0.15) is 0 Å². The van der Waals surface area contributed by atoms with Gasteiger partial charge in [-0.1, -0.05) is 6.92 Å². The second-order valence-corrected chi connectivity index (χ2v) is 2.37. The van der Waals surface area contributed by atoms with Gasteiger partial charge in [-0.15, -0.1) is 0 Å². The van der Waals surface area contributed by atoms with Gasteiger partial charge in [-0.05, 0) is 6.42 Å². The van der Waals surface area contributed by atoms with Crippen LogP contribution in [0.4, 0.5) is 0 Å². The second-order valence-electron chi connectivity index (χ2n) is 2.37. The summed E-state index contributed by atoms with van der Waals surface area (Å²) in [6.07, 6.45) is 0.890. The first-order valence-electron chi connectivity index (χ1n) is 3.72. The Morgan fingerprint density at radius 3 is 2.38 bits per heavy atom. The van der Waals surface area contributed by atoms with Gasteiger partial charge in [-0.25, -0.2) is 0 Å². The molecule has 0 saturated heterocycles. The maximum Gasteiger partial charge on any atom is 1.00 e. The average molecular weight is 213 g/mol. The van der Waals surface area contributed by atoms with Gasteiger partial charge in [0.15, 0.2) is 0 Å². The predicted octanol–water partition coefficient (Wildman–Crippen LogP) is -4.98. The van der Waals surface area contributed by atoms with Gasteiger partial charge >= 0.3 is 51.4 Å². The van der Waals surface area contributed by atoms with Crippen molar-refractivity contribution in [1.82, 2.24) is 5.32 Å². The minimum Gasteiger partial charge on any atom is -0.548 e. The van der Waals surface area contributed by atoms with Crippen LogP contribution < -0.4 is 61.8 Å². The molecule has 0 aromatic carbocycles. The minimum atomic E-state index is -1.47. The maximum atomic E-state index is 10.8. The third-order valence-corrected chi connectivity index (χ3v) is 1.28. The number of carboxylic acid groups (broad SMARTS) is 1. The summed E-state index contributed by atoms with van der Waals surface area (Å²) in [5, 5.41) is 20.8. The fourth-order valence-electron chi connectivity index (χ4n) is 0.673. The van der Waals surface area contributed by atoms with Crippen LogP contribution in [-0.2, 0) is 9.59 Å². The van der Waals surface area contributed by atoms with Gasteiger partial charge in [0.1, 0.15) is 0 Å². The molecule has 0 aromatic heterocycles. The fraction of sp³-hybridized carbons (Fsp3) is 0.714. The number of aliphatic hydroxyl groups is 1. The molecule has 6 heteroatoms. The number of aliphatic carboxylic acids is 1. The van der Waals surface area contributed by atoms with Crippen LogP contribution in [0.3, 0.4) is 0 Å². The number of hydrogen-bond donors (Lipinski definition) is 2. The Morgan fingerprint density at radius 2 is 2.08 bits per heavy atom. The molecule has 2 N–H and O–H groups in total. The Morgan fingerprint density at radius 1 is 1.54 bits per heavy atom. The largest absolute Gasteiger partial charge is 1.00 e. The summed E-state index contributed by atoms with van der Waals surface area (Å²) in [4.78, 5) is 21.0. The molecule has 0 rings (SSSR count). The first-order chi connectivity index (χ1) is 5.61. The number of aliphatic hydroxyl groups excluding tert-OH is 1. The summed E-state index contributed by atoms with van der Waals surface area (Å²) < 4.78 is 0. The molecule has 5 nitrogen and oxygen atoms in total. The van der Waals surface area contributed by atoms with Crippen LogP contribution in [0.5, 0.6) is 0 Å². The Kier molecular flexibility index (Phi) is 11.2. The first kappa shape index (κ1) is 16.0. The van der Waals surface area contributed by atoms with Crippen LogP contribution in [0, 0.1) is 0 Å². The molecule has 0 radical (unpaired) electrons. The Balaban J connectivity index is 0. The summed E-state index contributed by atoms with van der Waals surface area (Å²) in [7, 11) is 0. The number of nitrogens with one attached hydrogen (secondary N) is 1. The monoisotopic (exact) mass is 213 g/mol. The molecular formula is C7H12KNO4. The standard InChI is InChI=1S/C7H13NO4.K/c1-2-3-6(10)8-5(4-9)7(11)12;/h5,9H,2-4H2,1H3,(H,8,10)(H,11,12);/q;+1/p-1/t5-;/m0./s1. The van der Waals surface area contributed by atoms with Gasteiger partial charge < -0.3 is 20.3 Å². The van der Waals surface area contributed by atoms with Crippen LogP contribution in [0.15, 0.2) is 0 Å². The van der Waals surface area contributed by atoms with Gasteiger partial charge in [0.2, 0.25) is 5.91 Å². The molecule has 0 unspecified atom stereocenters. The van der Waals surface area contributed by atoms with E-state index >= 15 is 0 Å². The van der Waals surface area contributed by atoms with E-state index in [0.29, 0.717) is 6.42 Å². The van der Waals surface area contributed by atoms with E-state index in [9.17, 15) is 14.7 Å². The van der Waals surface area contributed by atoms with E-state index in [-0.39, 0.29) is 63.7 Å². The number of rotatable bonds is 5. The molecule has 13 heavy (non-hydrogen) atoms. The third-order valence-electron chi connectivity index (χ3n) is 1.28. The molecule has 1 atom stereocenters. The Hall–Kier alpha value is 0.536. The van der Waals surface area contributed by atoms with Gasteiger partial charge in [-0.3, -0.25) is 4.79 Å². The van der Waals surface area contributed by atoms with Crippen molar-refractivity contribution < 1.29 is 71.2 Å². The summed E-state index contributed by atoms with van der Waals surface area (Å²) in [6.45, 7) is 1.16. The average Bonchev–Trinajstić information content (AvgIpc) is 2.00. The van der Waals surface area contributed by atoms with Crippen molar-refractivity contribution in [3.8, 4) is 0 Å². The fourth-order valence-corrected chi connectivity index (χ4v) is 0.673. The first-order valence-corrected chi connectivity index (χ1v) is 3.72. The normalized spacial score (nSPS) is 11.2. The zero-order valence-electron chi connectivity index (χ0n) is 7.87. The molecule has 0 aliphatic heterocycles. The van der Waals surface area contributed by atoms with E-state index in [1.54, 1.807) is 6.92 Å². The van der Waals surface area contributed by atoms with Crippen LogP contribution >= 0.6 is 0 Å². The summed E-state index contributed by atoms with van der Waals surface area (Å²) in [6, 6.07) is -1.29. The van der Waals surface area contributed by atoms with E-state index in [1.807, 2.05) is 0 Å². The number of carbonyl (C=O) groups excluding carboxylic acids is 2. The van der Waals surface area contributed by atoms with Crippen molar-refractivity contribution in [2.45, 2.75) is 25.8 Å². The zero-order valence-corrected chi connectivity index (χ0v) is 11.0. The topological polar surface area (TPSA) is 89.5 Å². The van der Waals surface area contributed by atoms with Crippen molar-refractivity contribution >= 4 is 11.9 Å². The molecule has 0 spiro atoms. The van der Waals surface area contributed by atoms with Crippen molar-refractivity contribution in [3.05, 3.63) is 0 Å². The summed E-state index contributed by atoms with van der Waals surface area (Å²) in [5.74, 6) is -1.86. The van der Waals surface area contributed by atoms with Gasteiger partial charge in [0.05, 0.1) is 18.6 Å². The summed E-state index contributed by atoms with van der Waals surface area (Å²) in [5.41, 5.74) is 0. The molecule has 1 amide bonds. The minimum absolute atomic E-state index is 0. The Bertz CT molecular complexity index is 174. The van der Waals surface area contributed by atoms with Gasteiger partial charge in [0, 0.05) is 6.42 Å². The zero-order chi connectivity index (χ0) is 9.56. The third kappa shape index (κ3) is 7.60. The molecule has 0 saturated carbocycles. The van der Waals surface area contributed by atoms with E-state index in [1.165, 1.54) is 0 Å². The number of hydrogen-bond acceptors (Lipinski definition) is 4. The Labute approximate surface area is 119 Å². The molecule has 0 aliphatic carbocycles. The van der Waals surface area contributed by atoms with Crippen LogP contribution in [-0.4, -0.2) is 29.6 Å². The number of carbonyl (C=O) groups is 2. The van der Waals surface area contributed by atoms with Crippen LogP contribution in [0.25, 0.3) is 0 Å². The van der Waals surface area contributed by atoms with Crippen molar-refractivity contribution in [1.29, 1.82) is 0 Å². The molecule has 70 valence electrons. The molecule has 0 bridgehead atoms. The number of carboxylic acids is 1. The summed E-state index contributed by atoms with van der Waals surface area (Å²) >= 11 is 0. The molecule has 0 aliphatic rings. The predicted molar refractivity (Wildman–Crippen MR) is 38.9 cm³/mol. The molecule has 0 heterocycles. The quantitative estimate of drug-likeness (QED) is 0.448. The van der Waals surface area contributed by atoms with Crippen LogP contribution in [0.2, 0.25) is 0 Å². The second kappa shape index (κ2) is 9.11.